The van der Waals surface area contributed by atoms with Gasteiger partial charge in [-0.2, -0.15) is 0 Å². The minimum Gasteiger partial charge on any atom is -0.477 e. The van der Waals surface area contributed by atoms with Crippen LogP contribution in [0.1, 0.15) is 31.7 Å². The Balaban J connectivity index is 2.07. The fourth-order valence-electron chi connectivity index (χ4n) is 2.41. The van der Waals surface area contributed by atoms with Crippen LogP contribution in [0.2, 0.25) is 0 Å². The number of amides is 1. The highest BCUT2D eigenvalue weighted by atomic mass is 19.1. The molecule has 0 spiro atoms. The van der Waals surface area contributed by atoms with Crippen LogP contribution in [-0.2, 0) is 11.4 Å². The summed E-state index contributed by atoms with van der Waals surface area (Å²) in [6.07, 6.45) is 2.39. The molecule has 0 aromatic heterocycles. The summed E-state index contributed by atoms with van der Waals surface area (Å²) in [6, 6.07) is 4.34. The van der Waals surface area contributed by atoms with E-state index in [2.05, 4.69) is 0 Å². The number of hydrogen-bond acceptors (Lipinski definition) is 3. The fraction of sp³-hybridized carbons (Fsp3) is 0.533. The number of likely N-dealkylation sites (tertiary alicyclic amines) is 1. The molecule has 20 heavy (non-hydrogen) atoms. The highest BCUT2D eigenvalue weighted by Gasteiger charge is 2.25. The first-order chi connectivity index (χ1) is 9.63. The number of halogens is 1. The fourth-order valence-corrected chi connectivity index (χ4v) is 2.41. The van der Waals surface area contributed by atoms with Crippen LogP contribution in [0, 0.1) is 5.82 Å². The molecule has 110 valence electrons. The van der Waals surface area contributed by atoms with Crippen molar-refractivity contribution >= 4 is 5.91 Å². The molecule has 1 fully saturated rings. The van der Waals surface area contributed by atoms with E-state index in [4.69, 9.17) is 4.74 Å². The minimum absolute atomic E-state index is 0.0344. The predicted molar refractivity (Wildman–Crippen MR) is 72.8 cm³/mol. The SMILES string of the molecule is CC(Oc1c(F)cccc1CO)C(=O)N1CCCCC1. The first-order valence-electron chi connectivity index (χ1n) is 6.97. The van der Waals surface area contributed by atoms with Crippen molar-refractivity contribution in [2.75, 3.05) is 13.1 Å². The summed E-state index contributed by atoms with van der Waals surface area (Å²) in [7, 11) is 0. The van der Waals surface area contributed by atoms with E-state index >= 15 is 0 Å². The number of carbonyl (C=O) groups is 1. The number of hydrogen-bond donors (Lipinski definition) is 1. The molecular formula is C15H20FNO3. The van der Waals surface area contributed by atoms with Crippen molar-refractivity contribution in [3.05, 3.63) is 29.6 Å². The molecular weight excluding hydrogens is 261 g/mol. The maximum Gasteiger partial charge on any atom is 0.263 e. The van der Waals surface area contributed by atoms with E-state index in [-0.39, 0.29) is 18.3 Å². The molecule has 1 atom stereocenters. The standard InChI is InChI=1S/C15H20FNO3/c1-11(15(19)17-8-3-2-4-9-17)20-14-12(10-18)6-5-7-13(14)16/h5-7,11,18H,2-4,8-10H2,1H3. The zero-order valence-corrected chi connectivity index (χ0v) is 11.6. The molecule has 0 saturated carbocycles. The summed E-state index contributed by atoms with van der Waals surface area (Å²) in [5.41, 5.74) is 0.350. The molecule has 1 heterocycles. The predicted octanol–water partition coefficient (Wildman–Crippen LogP) is 2.10. The Hall–Kier alpha value is -1.62. The lowest BCUT2D eigenvalue weighted by molar-refractivity contribution is -0.138. The van der Waals surface area contributed by atoms with Gasteiger partial charge in [0.15, 0.2) is 17.7 Å². The number of carbonyl (C=O) groups excluding carboxylic acids is 1. The summed E-state index contributed by atoms with van der Waals surface area (Å²) in [5, 5.41) is 9.20. The van der Waals surface area contributed by atoms with Gasteiger partial charge in [0.2, 0.25) is 0 Å². The van der Waals surface area contributed by atoms with Crippen molar-refractivity contribution < 1.29 is 19.0 Å². The highest BCUT2D eigenvalue weighted by Crippen LogP contribution is 2.24. The van der Waals surface area contributed by atoms with E-state index in [9.17, 15) is 14.3 Å². The molecule has 1 aromatic carbocycles. The van der Waals surface area contributed by atoms with Gasteiger partial charge in [0.25, 0.3) is 5.91 Å². The summed E-state index contributed by atoms with van der Waals surface area (Å²) in [5.74, 6) is -0.723. The second-order valence-electron chi connectivity index (χ2n) is 5.03. The topological polar surface area (TPSA) is 49.8 Å². The smallest absolute Gasteiger partial charge is 0.263 e. The van der Waals surface area contributed by atoms with E-state index in [0.717, 1.165) is 32.4 Å². The third-order valence-corrected chi connectivity index (χ3v) is 3.53. The van der Waals surface area contributed by atoms with Crippen LogP contribution >= 0.6 is 0 Å². The van der Waals surface area contributed by atoms with Crippen molar-refractivity contribution in [1.29, 1.82) is 0 Å². The number of rotatable bonds is 4. The largest absolute Gasteiger partial charge is 0.477 e. The highest BCUT2D eigenvalue weighted by molar-refractivity contribution is 5.81. The Morgan fingerprint density at radius 1 is 1.40 bits per heavy atom. The second-order valence-corrected chi connectivity index (χ2v) is 5.03. The summed E-state index contributed by atoms with van der Waals surface area (Å²) >= 11 is 0. The monoisotopic (exact) mass is 281 g/mol. The lowest BCUT2D eigenvalue weighted by atomic mass is 10.1. The van der Waals surface area contributed by atoms with Crippen molar-refractivity contribution in [2.45, 2.75) is 38.9 Å². The van der Waals surface area contributed by atoms with Crippen molar-refractivity contribution in [3.63, 3.8) is 0 Å². The Morgan fingerprint density at radius 2 is 2.10 bits per heavy atom. The Labute approximate surface area is 118 Å². The molecule has 0 aliphatic carbocycles. The third-order valence-electron chi connectivity index (χ3n) is 3.53. The Morgan fingerprint density at radius 3 is 2.75 bits per heavy atom. The lowest BCUT2D eigenvalue weighted by Gasteiger charge is -2.29. The van der Waals surface area contributed by atoms with Crippen LogP contribution in [0.25, 0.3) is 0 Å². The van der Waals surface area contributed by atoms with E-state index < -0.39 is 11.9 Å². The molecule has 1 aromatic rings. The van der Waals surface area contributed by atoms with Crippen LogP contribution in [0.4, 0.5) is 4.39 Å². The van der Waals surface area contributed by atoms with E-state index in [1.54, 1.807) is 17.9 Å². The van der Waals surface area contributed by atoms with Gasteiger partial charge >= 0.3 is 0 Å². The molecule has 4 nitrogen and oxygen atoms in total. The number of aliphatic hydroxyl groups is 1. The quantitative estimate of drug-likeness (QED) is 0.919. The van der Waals surface area contributed by atoms with Gasteiger partial charge < -0.3 is 14.7 Å². The van der Waals surface area contributed by atoms with Gasteiger partial charge in [0.1, 0.15) is 0 Å². The molecule has 1 aliphatic heterocycles. The van der Waals surface area contributed by atoms with Gasteiger partial charge in [-0.1, -0.05) is 12.1 Å². The molecule has 1 N–H and O–H groups in total. The summed E-state index contributed by atoms with van der Waals surface area (Å²) in [4.78, 5) is 14.0. The van der Waals surface area contributed by atoms with E-state index in [1.165, 1.54) is 12.1 Å². The molecule has 1 aliphatic rings. The Kier molecular flexibility index (Phi) is 4.95. The maximum absolute atomic E-state index is 13.7. The normalized spacial score (nSPS) is 16.9. The molecule has 1 amide bonds. The molecule has 1 unspecified atom stereocenters. The van der Waals surface area contributed by atoms with Gasteiger partial charge in [-0.15, -0.1) is 0 Å². The van der Waals surface area contributed by atoms with Gasteiger partial charge in [-0.25, -0.2) is 4.39 Å². The number of para-hydroxylation sites is 1. The van der Waals surface area contributed by atoms with Gasteiger partial charge in [0, 0.05) is 18.7 Å². The van der Waals surface area contributed by atoms with Crippen LogP contribution in [0.5, 0.6) is 5.75 Å². The number of nitrogens with zero attached hydrogens (tertiary/aromatic N) is 1. The molecule has 1 saturated heterocycles. The average molecular weight is 281 g/mol. The number of ether oxygens (including phenoxy) is 1. The van der Waals surface area contributed by atoms with Crippen LogP contribution in [0.15, 0.2) is 18.2 Å². The third kappa shape index (κ3) is 3.28. The van der Waals surface area contributed by atoms with Crippen molar-refractivity contribution in [3.8, 4) is 5.75 Å². The Bertz CT molecular complexity index is 472. The van der Waals surface area contributed by atoms with Gasteiger partial charge in [0.05, 0.1) is 6.61 Å². The minimum atomic E-state index is -0.754. The van der Waals surface area contributed by atoms with E-state index in [0.29, 0.717) is 5.56 Å². The molecule has 2 rings (SSSR count). The maximum atomic E-state index is 13.7. The van der Waals surface area contributed by atoms with Gasteiger partial charge in [-0.05, 0) is 32.3 Å². The number of aliphatic hydroxyl groups excluding tert-OH is 1. The zero-order valence-electron chi connectivity index (χ0n) is 11.6. The number of piperidine rings is 1. The molecule has 5 heteroatoms. The van der Waals surface area contributed by atoms with Crippen LogP contribution < -0.4 is 4.74 Å². The summed E-state index contributed by atoms with van der Waals surface area (Å²) < 4.78 is 19.2. The first kappa shape index (κ1) is 14.8. The van der Waals surface area contributed by atoms with E-state index in [1.807, 2.05) is 0 Å². The van der Waals surface area contributed by atoms with Crippen LogP contribution in [0.3, 0.4) is 0 Å². The first-order valence-corrected chi connectivity index (χ1v) is 6.97. The van der Waals surface area contributed by atoms with Crippen molar-refractivity contribution in [2.24, 2.45) is 0 Å². The summed E-state index contributed by atoms with van der Waals surface area (Å²) in [6.45, 7) is 2.76. The molecule has 0 radical (unpaired) electrons. The zero-order chi connectivity index (χ0) is 14.5. The average Bonchev–Trinajstić information content (AvgIpc) is 2.49. The van der Waals surface area contributed by atoms with Crippen LogP contribution in [-0.4, -0.2) is 35.1 Å². The lowest BCUT2D eigenvalue weighted by Crippen LogP contribution is -2.43. The molecule has 0 bridgehead atoms. The number of benzene rings is 1. The van der Waals surface area contributed by atoms with Gasteiger partial charge in [-0.3, -0.25) is 4.79 Å². The van der Waals surface area contributed by atoms with Crippen molar-refractivity contribution in [1.82, 2.24) is 4.90 Å². The second kappa shape index (κ2) is 6.70.